The molecule has 4 aromatic rings. The molecule has 30 heavy (non-hydrogen) atoms. The second-order valence-corrected chi connectivity index (χ2v) is 8.83. The molecule has 0 aliphatic carbocycles. The van der Waals surface area contributed by atoms with Crippen LogP contribution in [-0.4, -0.2) is 25.6 Å². The van der Waals surface area contributed by atoms with Gasteiger partial charge in [-0.25, -0.2) is 9.78 Å². The highest BCUT2D eigenvalue weighted by molar-refractivity contribution is 8.00. The van der Waals surface area contributed by atoms with E-state index in [1.165, 1.54) is 33.6 Å². The summed E-state index contributed by atoms with van der Waals surface area (Å²) in [5.74, 6) is 0.462. The fourth-order valence-electron chi connectivity index (χ4n) is 2.56. The lowest BCUT2D eigenvalue weighted by Crippen LogP contribution is -2.19. The lowest BCUT2D eigenvalue weighted by atomic mass is 10.2. The summed E-state index contributed by atoms with van der Waals surface area (Å²) >= 11 is 8.69. The van der Waals surface area contributed by atoms with Gasteiger partial charge < -0.3 is 5.32 Å². The maximum Gasteiger partial charge on any atom is 0.325 e. The topological polar surface area (TPSA) is 101 Å². The number of urea groups is 1. The molecule has 0 saturated carbocycles. The molecule has 0 bridgehead atoms. The Balaban J connectivity index is 1.36. The van der Waals surface area contributed by atoms with E-state index < -0.39 is 6.03 Å². The molecular formula is C19H15ClN6O2S2. The van der Waals surface area contributed by atoms with E-state index in [-0.39, 0.29) is 5.56 Å². The molecule has 11 heteroatoms. The molecule has 0 fully saturated rings. The molecule has 3 aromatic heterocycles. The Morgan fingerprint density at radius 3 is 2.90 bits per heavy atom. The third-order valence-electron chi connectivity index (χ3n) is 4.02. The molecule has 2 amide bonds. The van der Waals surface area contributed by atoms with Crippen LogP contribution in [0.5, 0.6) is 0 Å². The van der Waals surface area contributed by atoms with Crippen molar-refractivity contribution < 1.29 is 4.79 Å². The number of halogens is 1. The second-order valence-electron chi connectivity index (χ2n) is 6.22. The number of nitrogens with one attached hydrogen (secondary N) is 2. The average Bonchev–Trinajstić information content (AvgIpc) is 3.16. The first-order valence-electron chi connectivity index (χ1n) is 8.76. The number of thioether (sulfide) groups is 1. The Kier molecular flexibility index (Phi) is 5.98. The molecule has 0 aliphatic rings. The Bertz CT molecular complexity index is 1290. The van der Waals surface area contributed by atoms with Crippen molar-refractivity contribution in [1.82, 2.24) is 19.6 Å². The number of nitrogens with zero attached hydrogens (tertiary/aromatic N) is 4. The number of pyridine rings is 1. The van der Waals surface area contributed by atoms with Gasteiger partial charge in [0, 0.05) is 28.7 Å². The van der Waals surface area contributed by atoms with Crippen LogP contribution in [0.25, 0.3) is 5.65 Å². The van der Waals surface area contributed by atoms with Gasteiger partial charge in [-0.15, -0.1) is 10.2 Å². The quantitative estimate of drug-likeness (QED) is 0.338. The van der Waals surface area contributed by atoms with Crippen molar-refractivity contribution in [3.05, 3.63) is 75.3 Å². The number of hydrogen-bond acceptors (Lipinski definition) is 7. The maximum absolute atomic E-state index is 12.2. The highest BCUT2D eigenvalue weighted by Gasteiger charge is 2.11. The van der Waals surface area contributed by atoms with Crippen LogP contribution in [0.1, 0.15) is 11.3 Å². The van der Waals surface area contributed by atoms with E-state index in [1.54, 1.807) is 30.5 Å². The number of rotatable bonds is 5. The Morgan fingerprint density at radius 1 is 1.20 bits per heavy atom. The number of carbonyl (C=O) groups excluding carboxylic acids is 1. The van der Waals surface area contributed by atoms with Crippen molar-refractivity contribution in [2.75, 3.05) is 10.6 Å². The molecule has 1 aromatic carbocycles. The number of aryl methyl sites for hydroxylation is 1. The van der Waals surface area contributed by atoms with E-state index >= 15 is 0 Å². The van der Waals surface area contributed by atoms with Gasteiger partial charge in [-0.2, -0.15) is 0 Å². The van der Waals surface area contributed by atoms with Crippen molar-refractivity contribution in [3.8, 4) is 0 Å². The summed E-state index contributed by atoms with van der Waals surface area (Å²) in [5.41, 5.74) is 2.61. The zero-order valence-corrected chi connectivity index (χ0v) is 18.0. The van der Waals surface area contributed by atoms with Gasteiger partial charge >= 0.3 is 6.03 Å². The van der Waals surface area contributed by atoms with Crippen LogP contribution in [0.2, 0.25) is 5.02 Å². The van der Waals surface area contributed by atoms with Gasteiger partial charge in [0.15, 0.2) is 4.34 Å². The summed E-state index contributed by atoms with van der Waals surface area (Å²) in [7, 11) is 0. The van der Waals surface area contributed by atoms with E-state index in [9.17, 15) is 9.59 Å². The molecule has 4 rings (SSSR count). The fraction of sp³-hybridized carbons (Fsp3) is 0.105. The highest BCUT2D eigenvalue weighted by atomic mass is 35.5. The van der Waals surface area contributed by atoms with E-state index in [2.05, 4.69) is 25.8 Å². The highest BCUT2D eigenvalue weighted by Crippen LogP contribution is 2.28. The molecule has 152 valence electrons. The first-order valence-corrected chi connectivity index (χ1v) is 10.9. The minimum absolute atomic E-state index is 0.135. The Hall–Kier alpha value is -2.95. The van der Waals surface area contributed by atoms with E-state index in [0.717, 1.165) is 5.56 Å². The summed E-state index contributed by atoms with van der Waals surface area (Å²) in [6.45, 7) is 1.89. The van der Waals surface area contributed by atoms with Gasteiger partial charge in [0.05, 0.1) is 5.69 Å². The van der Waals surface area contributed by atoms with Crippen LogP contribution in [0.3, 0.4) is 0 Å². The van der Waals surface area contributed by atoms with Gasteiger partial charge in [0.2, 0.25) is 5.13 Å². The van der Waals surface area contributed by atoms with E-state index in [0.29, 0.717) is 37.3 Å². The zero-order valence-electron chi connectivity index (χ0n) is 15.6. The first kappa shape index (κ1) is 20.3. The molecule has 8 nitrogen and oxygen atoms in total. The lowest BCUT2D eigenvalue weighted by Gasteiger charge is -2.06. The molecule has 0 atom stereocenters. The maximum atomic E-state index is 12.2. The first-order chi connectivity index (χ1) is 14.5. The smallest absolute Gasteiger partial charge is 0.308 e. The van der Waals surface area contributed by atoms with Crippen LogP contribution in [-0.2, 0) is 5.75 Å². The number of aromatic nitrogens is 4. The van der Waals surface area contributed by atoms with Crippen molar-refractivity contribution in [1.29, 1.82) is 0 Å². The number of anilines is 2. The molecule has 0 unspecified atom stereocenters. The number of hydrogen-bond donors (Lipinski definition) is 2. The predicted octanol–water partition coefficient (Wildman–Crippen LogP) is 4.44. The van der Waals surface area contributed by atoms with Crippen LogP contribution < -0.4 is 16.2 Å². The fourth-order valence-corrected chi connectivity index (χ4v) is 4.38. The SMILES string of the molecule is Cc1ccc(NC(=O)Nc2nnc(SCc3cc(=O)n4ccccc4n3)s2)cc1Cl. The molecule has 0 aliphatic heterocycles. The predicted molar refractivity (Wildman–Crippen MR) is 120 cm³/mol. The number of benzene rings is 1. The third-order valence-corrected chi connectivity index (χ3v) is 6.44. The largest absolute Gasteiger partial charge is 0.325 e. The summed E-state index contributed by atoms with van der Waals surface area (Å²) in [5, 5.41) is 14.3. The van der Waals surface area contributed by atoms with Crippen LogP contribution in [0.15, 0.2) is 57.8 Å². The molecule has 0 saturated heterocycles. The average molecular weight is 459 g/mol. The van der Waals surface area contributed by atoms with Gasteiger partial charge in [0.25, 0.3) is 5.56 Å². The third kappa shape index (κ3) is 4.78. The lowest BCUT2D eigenvalue weighted by molar-refractivity contribution is 0.262. The standard InChI is InChI=1S/C19H15ClN6O2S2/c1-11-5-6-12(8-14(11)20)22-17(28)23-18-24-25-19(30-18)29-10-13-9-16(27)26-7-3-2-4-15(26)21-13/h2-9H,10H2,1H3,(H2,22,23,24,28). The zero-order chi connectivity index (χ0) is 21.1. The van der Waals surface area contributed by atoms with Crippen LogP contribution in [0.4, 0.5) is 15.6 Å². The van der Waals surface area contributed by atoms with Gasteiger partial charge in [-0.3, -0.25) is 14.5 Å². The molecule has 0 spiro atoms. The monoisotopic (exact) mass is 458 g/mol. The second kappa shape index (κ2) is 8.82. The number of fused-ring (bicyclic) bond motifs is 1. The van der Waals surface area contributed by atoms with Crippen LogP contribution in [0, 0.1) is 6.92 Å². The van der Waals surface area contributed by atoms with Crippen molar-refractivity contribution in [2.45, 2.75) is 17.0 Å². The van der Waals surface area contributed by atoms with Crippen molar-refractivity contribution in [2.24, 2.45) is 0 Å². The van der Waals surface area contributed by atoms with Crippen molar-refractivity contribution >= 4 is 57.2 Å². The normalized spacial score (nSPS) is 10.9. The summed E-state index contributed by atoms with van der Waals surface area (Å²) in [4.78, 5) is 28.8. The molecule has 3 heterocycles. The minimum Gasteiger partial charge on any atom is -0.308 e. The van der Waals surface area contributed by atoms with Crippen molar-refractivity contribution in [3.63, 3.8) is 0 Å². The van der Waals surface area contributed by atoms with E-state index in [4.69, 9.17) is 11.6 Å². The van der Waals surface area contributed by atoms with Gasteiger partial charge in [-0.1, -0.05) is 46.8 Å². The minimum atomic E-state index is -0.438. The number of carbonyl (C=O) groups is 1. The molecule has 2 N–H and O–H groups in total. The van der Waals surface area contributed by atoms with Gasteiger partial charge in [-0.05, 0) is 36.8 Å². The number of amides is 2. The Labute approximate surface area is 184 Å². The van der Waals surface area contributed by atoms with Crippen LogP contribution >= 0.6 is 34.7 Å². The van der Waals surface area contributed by atoms with Gasteiger partial charge in [0.1, 0.15) is 5.65 Å². The summed E-state index contributed by atoms with van der Waals surface area (Å²) < 4.78 is 2.14. The molecule has 0 radical (unpaired) electrons. The summed E-state index contributed by atoms with van der Waals surface area (Å²) in [6, 6.07) is 11.7. The molecular weight excluding hydrogens is 444 g/mol. The summed E-state index contributed by atoms with van der Waals surface area (Å²) in [6.07, 6.45) is 1.68. The Morgan fingerprint density at radius 2 is 2.07 bits per heavy atom. The van der Waals surface area contributed by atoms with E-state index in [1.807, 2.05) is 19.1 Å².